The van der Waals surface area contributed by atoms with Crippen LogP contribution in [-0.4, -0.2) is 46.1 Å². The van der Waals surface area contributed by atoms with E-state index in [4.69, 9.17) is 5.73 Å². The maximum atomic E-state index is 12.1. The van der Waals surface area contributed by atoms with Gasteiger partial charge in [-0.05, 0) is 62.5 Å². The minimum absolute atomic E-state index is 0.0369. The molecule has 0 aliphatic carbocycles. The number of hydrogen-bond donors (Lipinski definition) is 2. The molecule has 27 heavy (non-hydrogen) atoms. The molecule has 0 atom stereocenters. The van der Waals surface area contributed by atoms with E-state index in [2.05, 4.69) is 15.3 Å². The van der Waals surface area contributed by atoms with E-state index in [-0.39, 0.29) is 24.3 Å². The first kappa shape index (κ1) is 19.1. The number of nitrogens with two attached hydrogens (primary N) is 1. The Bertz CT molecular complexity index is 776. The van der Waals surface area contributed by atoms with Crippen LogP contribution in [0.3, 0.4) is 0 Å². The summed E-state index contributed by atoms with van der Waals surface area (Å²) in [5, 5.41) is 7.01. The quantitative estimate of drug-likeness (QED) is 0.775. The minimum Gasteiger partial charge on any atom is -0.369 e. The highest BCUT2D eigenvalue weighted by atomic mass is 16.2. The summed E-state index contributed by atoms with van der Waals surface area (Å²) in [5.41, 5.74) is 8.43. The second kappa shape index (κ2) is 8.81. The van der Waals surface area contributed by atoms with Gasteiger partial charge in [0.05, 0.1) is 6.20 Å². The van der Waals surface area contributed by atoms with Crippen molar-refractivity contribution in [2.75, 3.05) is 25.0 Å². The van der Waals surface area contributed by atoms with Crippen molar-refractivity contribution in [2.45, 2.75) is 32.7 Å². The summed E-state index contributed by atoms with van der Waals surface area (Å²) in [5.74, 6) is -0.229. The largest absolute Gasteiger partial charge is 0.369 e. The van der Waals surface area contributed by atoms with Crippen molar-refractivity contribution < 1.29 is 9.59 Å². The van der Waals surface area contributed by atoms with Crippen LogP contribution in [0.1, 0.15) is 24.0 Å². The zero-order valence-corrected chi connectivity index (χ0v) is 15.7. The van der Waals surface area contributed by atoms with Gasteiger partial charge in [-0.15, -0.1) is 0 Å². The summed E-state index contributed by atoms with van der Waals surface area (Å²) in [4.78, 5) is 25.7. The number of aryl methyl sites for hydroxylation is 1. The number of carbonyl (C=O) groups is 2. The fourth-order valence-corrected chi connectivity index (χ4v) is 3.38. The van der Waals surface area contributed by atoms with Crippen LogP contribution < -0.4 is 11.1 Å². The second-order valence-corrected chi connectivity index (χ2v) is 7.23. The molecule has 144 valence electrons. The molecule has 0 radical (unpaired) electrons. The van der Waals surface area contributed by atoms with E-state index in [0.29, 0.717) is 0 Å². The number of primary amides is 1. The average Bonchev–Trinajstić information content (AvgIpc) is 3.06. The van der Waals surface area contributed by atoms with E-state index in [1.54, 1.807) is 10.9 Å². The molecule has 2 aromatic rings. The predicted molar refractivity (Wildman–Crippen MR) is 104 cm³/mol. The van der Waals surface area contributed by atoms with E-state index < -0.39 is 0 Å². The summed E-state index contributed by atoms with van der Waals surface area (Å²) in [6, 6.07) is 7.95. The van der Waals surface area contributed by atoms with Crippen LogP contribution in [0.2, 0.25) is 0 Å². The predicted octanol–water partition coefficient (Wildman–Crippen LogP) is 1.57. The summed E-state index contributed by atoms with van der Waals surface area (Å²) in [6.45, 7) is 4.97. The van der Waals surface area contributed by atoms with Crippen molar-refractivity contribution in [3.8, 4) is 0 Å². The first-order valence-electron chi connectivity index (χ1n) is 9.39. The average molecular weight is 369 g/mol. The monoisotopic (exact) mass is 369 g/mol. The Morgan fingerprint density at radius 1 is 1.22 bits per heavy atom. The number of piperidine rings is 1. The molecule has 1 saturated heterocycles. The van der Waals surface area contributed by atoms with Gasteiger partial charge in [-0.1, -0.05) is 12.1 Å². The maximum absolute atomic E-state index is 12.1. The van der Waals surface area contributed by atoms with Gasteiger partial charge in [0.25, 0.3) is 0 Å². The molecule has 1 aliphatic heterocycles. The van der Waals surface area contributed by atoms with Gasteiger partial charge in [-0.25, -0.2) is 0 Å². The number of carbonyl (C=O) groups excluding carboxylic acids is 2. The van der Waals surface area contributed by atoms with Crippen LogP contribution in [0.4, 0.5) is 5.69 Å². The molecule has 0 spiro atoms. The number of anilines is 1. The van der Waals surface area contributed by atoms with Gasteiger partial charge in [0.2, 0.25) is 11.8 Å². The lowest BCUT2D eigenvalue weighted by Gasteiger charge is -2.30. The molecule has 2 amide bonds. The number of nitrogens with zero attached hydrogens (tertiary/aromatic N) is 3. The molecular weight excluding hydrogens is 342 g/mol. The van der Waals surface area contributed by atoms with Gasteiger partial charge in [0.1, 0.15) is 6.54 Å². The SMILES string of the molecule is Cc1cnn(CC(=O)Nc2ccc(CCN3CCC(C(N)=O)CC3)cc2)c1. The van der Waals surface area contributed by atoms with Gasteiger partial charge < -0.3 is 16.0 Å². The number of hydrogen-bond acceptors (Lipinski definition) is 4. The number of aromatic nitrogens is 2. The maximum Gasteiger partial charge on any atom is 0.246 e. The highest BCUT2D eigenvalue weighted by molar-refractivity contribution is 5.90. The lowest BCUT2D eigenvalue weighted by atomic mass is 9.96. The van der Waals surface area contributed by atoms with Crippen molar-refractivity contribution in [1.29, 1.82) is 0 Å². The van der Waals surface area contributed by atoms with E-state index in [1.165, 1.54) is 5.56 Å². The number of nitrogens with one attached hydrogen (secondary N) is 1. The van der Waals surface area contributed by atoms with Gasteiger partial charge in [0, 0.05) is 24.3 Å². The van der Waals surface area contributed by atoms with Crippen LogP contribution >= 0.6 is 0 Å². The summed E-state index contributed by atoms with van der Waals surface area (Å²) < 4.78 is 1.63. The van der Waals surface area contributed by atoms with Crippen molar-refractivity contribution in [3.05, 3.63) is 47.8 Å². The van der Waals surface area contributed by atoms with Gasteiger partial charge in [-0.3, -0.25) is 14.3 Å². The van der Waals surface area contributed by atoms with Crippen LogP contribution in [0.5, 0.6) is 0 Å². The fraction of sp³-hybridized carbons (Fsp3) is 0.450. The second-order valence-electron chi connectivity index (χ2n) is 7.23. The Kier molecular flexibility index (Phi) is 6.24. The fourth-order valence-electron chi connectivity index (χ4n) is 3.38. The molecule has 0 unspecified atom stereocenters. The van der Waals surface area contributed by atoms with E-state index in [9.17, 15) is 9.59 Å². The molecule has 3 N–H and O–H groups in total. The number of amides is 2. The third-order valence-corrected chi connectivity index (χ3v) is 5.01. The molecule has 7 heteroatoms. The summed E-state index contributed by atoms with van der Waals surface area (Å²) >= 11 is 0. The zero-order chi connectivity index (χ0) is 19.2. The Balaban J connectivity index is 1.42. The Hall–Kier alpha value is -2.67. The van der Waals surface area contributed by atoms with Crippen molar-refractivity contribution in [3.63, 3.8) is 0 Å². The van der Waals surface area contributed by atoms with Crippen molar-refractivity contribution in [2.24, 2.45) is 11.7 Å². The van der Waals surface area contributed by atoms with Gasteiger partial charge in [0.15, 0.2) is 0 Å². The molecule has 1 aromatic carbocycles. The first-order chi connectivity index (χ1) is 13.0. The summed E-state index contributed by atoms with van der Waals surface area (Å²) in [7, 11) is 0. The normalized spacial score (nSPS) is 15.6. The Morgan fingerprint density at radius 2 is 1.93 bits per heavy atom. The van der Waals surface area contributed by atoms with Crippen LogP contribution in [-0.2, 0) is 22.6 Å². The van der Waals surface area contributed by atoms with E-state index in [1.807, 2.05) is 37.4 Å². The molecule has 2 heterocycles. The lowest BCUT2D eigenvalue weighted by molar-refractivity contribution is -0.123. The third-order valence-electron chi connectivity index (χ3n) is 5.01. The highest BCUT2D eigenvalue weighted by Crippen LogP contribution is 2.17. The highest BCUT2D eigenvalue weighted by Gasteiger charge is 2.22. The smallest absolute Gasteiger partial charge is 0.246 e. The van der Waals surface area contributed by atoms with Gasteiger partial charge >= 0.3 is 0 Å². The Labute approximate surface area is 159 Å². The summed E-state index contributed by atoms with van der Waals surface area (Å²) in [6.07, 6.45) is 6.24. The van der Waals surface area contributed by atoms with E-state index in [0.717, 1.165) is 50.1 Å². The topological polar surface area (TPSA) is 93.2 Å². The molecule has 1 fully saturated rings. The molecule has 1 aromatic heterocycles. The lowest BCUT2D eigenvalue weighted by Crippen LogP contribution is -2.39. The first-order valence-corrected chi connectivity index (χ1v) is 9.39. The van der Waals surface area contributed by atoms with Crippen molar-refractivity contribution >= 4 is 17.5 Å². The van der Waals surface area contributed by atoms with Crippen LogP contribution in [0, 0.1) is 12.8 Å². The molecule has 0 saturated carbocycles. The van der Waals surface area contributed by atoms with E-state index >= 15 is 0 Å². The van der Waals surface area contributed by atoms with Gasteiger partial charge in [-0.2, -0.15) is 5.10 Å². The molecule has 3 rings (SSSR count). The Morgan fingerprint density at radius 3 is 2.52 bits per heavy atom. The molecule has 0 bridgehead atoms. The zero-order valence-electron chi connectivity index (χ0n) is 15.7. The molecule has 1 aliphatic rings. The molecule has 7 nitrogen and oxygen atoms in total. The number of benzene rings is 1. The number of rotatable bonds is 7. The third kappa shape index (κ3) is 5.65. The minimum atomic E-state index is -0.171. The van der Waals surface area contributed by atoms with Crippen LogP contribution in [0.25, 0.3) is 0 Å². The van der Waals surface area contributed by atoms with Crippen LogP contribution in [0.15, 0.2) is 36.7 Å². The number of likely N-dealkylation sites (tertiary alicyclic amines) is 1. The standard InChI is InChI=1S/C20H27N5O2/c1-15-12-22-25(13-15)14-19(26)23-18-4-2-16(3-5-18)6-9-24-10-7-17(8-11-24)20(21)27/h2-5,12-13,17H,6-11,14H2,1H3,(H2,21,27)(H,23,26). The molecular formula is C20H27N5O2. The van der Waals surface area contributed by atoms with Crippen molar-refractivity contribution in [1.82, 2.24) is 14.7 Å².